The first-order chi connectivity index (χ1) is 13.1. The van der Waals surface area contributed by atoms with Crippen LogP contribution < -0.4 is 0 Å². The van der Waals surface area contributed by atoms with Crippen LogP contribution >= 0.6 is 23.1 Å². The predicted octanol–water partition coefficient (Wildman–Crippen LogP) is 3.36. The van der Waals surface area contributed by atoms with Crippen molar-refractivity contribution in [2.75, 3.05) is 39.0 Å². The van der Waals surface area contributed by atoms with Crippen LogP contribution in [0.3, 0.4) is 0 Å². The average Bonchev–Trinajstić information content (AvgIpc) is 3.12. The van der Waals surface area contributed by atoms with E-state index in [9.17, 15) is 9.18 Å². The molecule has 1 aliphatic heterocycles. The van der Waals surface area contributed by atoms with Crippen molar-refractivity contribution < 1.29 is 9.18 Å². The first-order valence-electron chi connectivity index (χ1n) is 8.70. The highest BCUT2D eigenvalue weighted by Gasteiger charge is 2.20. The number of likely N-dealkylation sites (N-methyl/N-ethyl adjacent to an activating group) is 1. The smallest absolute Gasteiger partial charge is 0.233 e. The molecule has 4 rings (SSSR count). The molecule has 3 aromatic rings. The first kappa shape index (κ1) is 18.3. The number of piperazine rings is 1. The van der Waals surface area contributed by atoms with Gasteiger partial charge < -0.3 is 9.80 Å². The normalized spacial score (nSPS) is 15.4. The fourth-order valence-electron chi connectivity index (χ4n) is 2.97. The number of carbonyl (C=O) groups is 1. The van der Waals surface area contributed by atoms with Gasteiger partial charge in [0.05, 0.1) is 16.0 Å². The fourth-order valence-corrected chi connectivity index (χ4v) is 5.07. The largest absolute Gasteiger partial charge is 0.339 e. The molecule has 0 unspecified atom stereocenters. The molecule has 27 heavy (non-hydrogen) atoms. The van der Waals surface area contributed by atoms with Gasteiger partial charge in [-0.2, -0.15) is 0 Å². The van der Waals surface area contributed by atoms with E-state index in [2.05, 4.69) is 21.9 Å². The number of halogens is 1. The van der Waals surface area contributed by atoms with Crippen molar-refractivity contribution in [3.63, 3.8) is 0 Å². The standard InChI is InChI=1S/C19H19FN4OS2/c1-23-6-8-24(9-7-23)17(25)11-26-19-18-15(21-12-22-19)10-16(27-18)13-2-4-14(20)5-3-13/h2-5,10,12H,6-9,11H2,1H3. The molecule has 0 radical (unpaired) electrons. The number of thioether (sulfide) groups is 1. The highest BCUT2D eigenvalue weighted by atomic mass is 32.2. The summed E-state index contributed by atoms with van der Waals surface area (Å²) in [5.74, 6) is 0.271. The predicted molar refractivity (Wildman–Crippen MR) is 108 cm³/mol. The molecule has 0 N–H and O–H groups in total. The van der Waals surface area contributed by atoms with Gasteiger partial charge >= 0.3 is 0 Å². The molecule has 1 saturated heterocycles. The average molecular weight is 403 g/mol. The molecule has 0 atom stereocenters. The van der Waals surface area contributed by atoms with Crippen molar-refractivity contribution in [2.24, 2.45) is 0 Å². The number of hydrogen-bond donors (Lipinski definition) is 0. The van der Waals surface area contributed by atoms with Gasteiger partial charge in [-0.25, -0.2) is 14.4 Å². The lowest BCUT2D eigenvalue weighted by atomic mass is 10.2. The molecule has 1 amide bonds. The lowest BCUT2D eigenvalue weighted by Crippen LogP contribution is -2.47. The Balaban J connectivity index is 1.50. The van der Waals surface area contributed by atoms with Crippen molar-refractivity contribution >= 4 is 39.2 Å². The lowest BCUT2D eigenvalue weighted by Gasteiger charge is -2.32. The Morgan fingerprint density at radius 3 is 2.67 bits per heavy atom. The zero-order valence-electron chi connectivity index (χ0n) is 14.9. The topological polar surface area (TPSA) is 49.3 Å². The van der Waals surface area contributed by atoms with E-state index in [4.69, 9.17) is 0 Å². The molecule has 0 aliphatic carbocycles. The van der Waals surface area contributed by atoms with Crippen LogP contribution in [0.15, 0.2) is 41.7 Å². The number of fused-ring (bicyclic) bond motifs is 1. The zero-order valence-corrected chi connectivity index (χ0v) is 16.5. The summed E-state index contributed by atoms with van der Waals surface area (Å²) in [4.78, 5) is 26.4. The maximum Gasteiger partial charge on any atom is 0.233 e. The minimum Gasteiger partial charge on any atom is -0.339 e. The Labute approximate surface area is 165 Å². The van der Waals surface area contributed by atoms with Gasteiger partial charge in [0.1, 0.15) is 17.2 Å². The molecular weight excluding hydrogens is 383 g/mol. The monoisotopic (exact) mass is 402 g/mol. The summed E-state index contributed by atoms with van der Waals surface area (Å²) >= 11 is 3.03. The third-order valence-corrected chi connectivity index (χ3v) is 6.88. The van der Waals surface area contributed by atoms with Crippen LogP contribution in [0.1, 0.15) is 0 Å². The van der Waals surface area contributed by atoms with Gasteiger partial charge in [0.2, 0.25) is 5.91 Å². The number of aromatic nitrogens is 2. The molecule has 3 heterocycles. The number of nitrogens with zero attached hydrogens (tertiary/aromatic N) is 4. The molecule has 1 aliphatic rings. The van der Waals surface area contributed by atoms with Crippen molar-refractivity contribution in [1.29, 1.82) is 0 Å². The number of hydrogen-bond acceptors (Lipinski definition) is 6. The molecule has 140 valence electrons. The van der Waals surface area contributed by atoms with E-state index in [1.54, 1.807) is 23.5 Å². The molecule has 5 nitrogen and oxygen atoms in total. The van der Waals surface area contributed by atoms with E-state index in [0.717, 1.165) is 51.9 Å². The van der Waals surface area contributed by atoms with E-state index in [-0.39, 0.29) is 11.7 Å². The summed E-state index contributed by atoms with van der Waals surface area (Å²) in [5, 5.41) is 0.820. The SMILES string of the molecule is CN1CCN(C(=O)CSc2ncnc3cc(-c4ccc(F)cc4)sc23)CC1. The minimum atomic E-state index is -0.252. The van der Waals surface area contributed by atoms with Crippen molar-refractivity contribution in [1.82, 2.24) is 19.8 Å². The quantitative estimate of drug-likeness (QED) is 0.495. The second-order valence-electron chi connectivity index (χ2n) is 6.48. The van der Waals surface area contributed by atoms with Gasteiger partial charge in [-0.3, -0.25) is 4.79 Å². The Hall–Kier alpha value is -2.03. The van der Waals surface area contributed by atoms with E-state index >= 15 is 0 Å². The molecule has 2 aromatic heterocycles. The highest BCUT2D eigenvalue weighted by Crippen LogP contribution is 2.37. The third kappa shape index (κ3) is 4.12. The summed E-state index contributed by atoms with van der Waals surface area (Å²) in [7, 11) is 2.07. The van der Waals surface area contributed by atoms with Crippen LogP contribution in [0.4, 0.5) is 4.39 Å². The van der Waals surface area contributed by atoms with Gasteiger partial charge in [0.15, 0.2) is 0 Å². The summed E-state index contributed by atoms with van der Waals surface area (Å²) in [6, 6.07) is 8.42. The first-order valence-corrected chi connectivity index (χ1v) is 10.5. The minimum absolute atomic E-state index is 0.148. The summed E-state index contributed by atoms with van der Waals surface area (Å²) in [6.07, 6.45) is 1.53. The van der Waals surface area contributed by atoms with Crippen molar-refractivity contribution in [2.45, 2.75) is 5.03 Å². The number of carbonyl (C=O) groups excluding carboxylic acids is 1. The maximum absolute atomic E-state index is 13.2. The Bertz CT molecular complexity index is 952. The van der Waals surface area contributed by atoms with Crippen LogP contribution in [0, 0.1) is 5.82 Å². The van der Waals surface area contributed by atoms with E-state index in [1.165, 1.54) is 30.2 Å². The summed E-state index contributed by atoms with van der Waals surface area (Å²) in [5.41, 5.74) is 1.80. The summed E-state index contributed by atoms with van der Waals surface area (Å²) < 4.78 is 14.1. The second-order valence-corrected chi connectivity index (χ2v) is 8.50. The second kappa shape index (κ2) is 7.92. The fraction of sp³-hybridized carbons (Fsp3) is 0.316. The Kier molecular flexibility index (Phi) is 5.38. The van der Waals surface area contributed by atoms with E-state index in [0.29, 0.717) is 5.75 Å². The lowest BCUT2D eigenvalue weighted by molar-refractivity contribution is -0.129. The van der Waals surface area contributed by atoms with Crippen LogP contribution in [-0.4, -0.2) is 64.7 Å². The van der Waals surface area contributed by atoms with E-state index in [1.807, 2.05) is 11.0 Å². The van der Waals surface area contributed by atoms with Gasteiger partial charge in [-0.1, -0.05) is 23.9 Å². The van der Waals surface area contributed by atoms with Crippen LogP contribution in [0.2, 0.25) is 0 Å². The number of amides is 1. The van der Waals surface area contributed by atoms with Crippen LogP contribution in [0.25, 0.3) is 20.7 Å². The van der Waals surface area contributed by atoms with Gasteiger partial charge in [-0.05, 0) is 30.8 Å². The number of rotatable bonds is 4. The maximum atomic E-state index is 13.2. The van der Waals surface area contributed by atoms with Crippen molar-refractivity contribution in [3.05, 3.63) is 42.5 Å². The molecular formula is C19H19FN4OS2. The molecule has 0 saturated carbocycles. The molecule has 1 fully saturated rings. The summed E-state index contributed by atoms with van der Waals surface area (Å²) in [6.45, 7) is 3.39. The van der Waals surface area contributed by atoms with E-state index < -0.39 is 0 Å². The Morgan fingerprint density at radius 1 is 1.19 bits per heavy atom. The number of benzene rings is 1. The highest BCUT2D eigenvalue weighted by molar-refractivity contribution is 8.00. The van der Waals surface area contributed by atoms with Gasteiger partial charge in [0.25, 0.3) is 0 Å². The van der Waals surface area contributed by atoms with Crippen molar-refractivity contribution in [3.8, 4) is 10.4 Å². The molecule has 1 aromatic carbocycles. The van der Waals surface area contributed by atoms with Gasteiger partial charge in [0, 0.05) is 31.1 Å². The third-order valence-electron chi connectivity index (χ3n) is 4.60. The van der Waals surface area contributed by atoms with Gasteiger partial charge in [-0.15, -0.1) is 11.3 Å². The molecule has 0 bridgehead atoms. The molecule has 0 spiro atoms. The van der Waals surface area contributed by atoms with Crippen LogP contribution in [-0.2, 0) is 4.79 Å². The zero-order chi connectivity index (χ0) is 18.8. The van der Waals surface area contributed by atoms with Crippen LogP contribution in [0.5, 0.6) is 0 Å². The Morgan fingerprint density at radius 2 is 1.93 bits per heavy atom. The molecule has 8 heteroatoms. The number of thiophene rings is 1.